The molecule has 0 saturated carbocycles. The summed E-state index contributed by atoms with van der Waals surface area (Å²) in [5, 5.41) is 7.01. The molecule has 2 N–H and O–H groups in total. The van der Waals surface area contributed by atoms with Crippen LogP contribution in [0.25, 0.3) is 0 Å². The van der Waals surface area contributed by atoms with Crippen molar-refractivity contribution < 1.29 is 9.53 Å². The fourth-order valence-corrected chi connectivity index (χ4v) is 2.27. The molecule has 1 rings (SSSR count). The lowest BCUT2D eigenvalue weighted by molar-refractivity contribution is 0.0521. The Balaban J connectivity index is 2.43. The van der Waals surface area contributed by atoms with Gasteiger partial charge in [0.15, 0.2) is 0 Å². The molecule has 4 nitrogen and oxygen atoms in total. The first-order valence-electron chi connectivity index (χ1n) is 7.75. The lowest BCUT2D eigenvalue weighted by Gasteiger charge is -2.22. The van der Waals surface area contributed by atoms with Crippen molar-refractivity contribution >= 4 is 17.7 Å². The summed E-state index contributed by atoms with van der Waals surface area (Å²) in [5.41, 5.74) is 0.657. The van der Waals surface area contributed by atoms with Gasteiger partial charge in [-0.1, -0.05) is 37.1 Å². The smallest absolute Gasteiger partial charge is 0.407 e. The topological polar surface area (TPSA) is 50.4 Å². The van der Waals surface area contributed by atoms with Gasteiger partial charge in [-0.05, 0) is 44.9 Å². The zero-order valence-electron chi connectivity index (χ0n) is 13.9. The molecule has 0 aliphatic rings. The molecule has 0 fully saturated rings. The van der Waals surface area contributed by atoms with Gasteiger partial charge in [0.25, 0.3) is 0 Å². The van der Waals surface area contributed by atoms with Crippen LogP contribution in [0.2, 0.25) is 5.02 Å². The maximum Gasteiger partial charge on any atom is 0.407 e. The van der Waals surface area contributed by atoms with Gasteiger partial charge in [0.2, 0.25) is 0 Å². The monoisotopic (exact) mass is 326 g/mol. The van der Waals surface area contributed by atoms with E-state index in [9.17, 15) is 4.79 Å². The number of alkyl carbamates (subject to hydrolysis) is 1. The van der Waals surface area contributed by atoms with Gasteiger partial charge in [0.1, 0.15) is 5.60 Å². The number of carbonyl (C=O) groups is 1. The molecular formula is C17H27ClN2O2. The molecule has 0 aliphatic heterocycles. The maximum atomic E-state index is 11.7. The minimum atomic E-state index is -0.474. The Kier molecular flexibility index (Phi) is 7.69. The van der Waals surface area contributed by atoms with Gasteiger partial charge in [-0.3, -0.25) is 0 Å². The minimum absolute atomic E-state index is 0.205. The molecule has 0 bridgehead atoms. The van der Waals surface area contributed by atoms with Crippen molar-refractivity contribution in [2.75, 3.05) is 6.54 Å². The first kappa shape index (κ1) is 18.8. The summed E-state index contributed by atoms with van der Waals surface area (Å²) in [5.74, 6) is 0. The summed E-state index contributed by atoms with van der Waals surface area (Å²) in [6, 6.07) is 7.98. The Morgan fingerprint density at radius 2 is 2.09 bits per heavy atom. The third-order valence-electron chi connectivity index (χ3n) is 3.01. The van der Waals surface area contributed by atoms with Crippen molar-refractivity contribution in [1.29, 1.82) is 0 Å². The summed E-state index contributed by atoms with van der Waals surface area (Å²) in [6.07, 6.45) is 1.65. The normalized spacial score (nSPS) is 12.8. The van der Waals surface area contributed by atoms with Gasteiger partial charge in [-0.25, -0.2) is 4.79 Å². The first-order chi connectivity index (χ1) is 10.3. The molecule has 1 aromatic rings. The predicted octanol–water partition coefficient (Wildman–Crippen LogP) is 4.12. The van der Waals surface area contributed by atoms with E-state index in [-0.39, 0.29) is 12.1 Å². The average Bonchev–Trinajstić information content (AvgIpc) is 2.40. The average molecular weight is 327 g/mol. The van der Waals surface area contributed by atoms with Crippen LogP contribution in [0.4, 0.5) is 4.79 Å². The van der Waals surface area contributed by atoms with Crippen LogP contribution >= 0.6 is 11.6 Å². The molecule has 5 heteroatoms. The SMILES string of the molecule is CCCC(CNC(=O)OC(C)(C)C)NCc1cccc(Cl)c1. The lowest BCUT2D eigenvalue weighted by Crippen LogP contribution is -2.42. The standard InChI is InChI=1S/C17H27ClN2O2/c1-5-7-15(12-20-16(21)22-17(2,3)4)19-11-13-8-6-9-14(18)10-13/h6,8-10,15,19H,5,7,11-12H2,1-4H3,(H,20,21). The molecule has 0 aliphatic carbocycles. The molecule has 1 amide bonds. The van der Waals surface area contributed by atoms with Gasteiger partial charge in [0.05, 0.1) is 0 Å². The first-order valence-corrected chi connectivity index (χ1v) is 8.12. The highest BCUT2D eigenvalue weighted by molar-refractivity contribution is 6.30. The van der Waals surface area contributed by atoms with Crippen molar-refractivity contribution in [3.63, 3.8) is 0 Å². The summed E-state index contributed by atoms with van der Waals surface area (Å²) >= 11 is 5.98. The molecular weight excluding hydrogens is 300 g/mol. The number of carbonyl (C=O) groups excluding carboxylic acids is 1. The predicted molar refractivity (Wildman–Crippen MR) is 91.2 cm³/mol. The molecule has 1 atom stereocenters. The van der Waals surface area contributed by atoms with E-state index in [0.717, 1.165) is 30.0 Å². The Bertz CT molecular complexity index is 472. The summed E-state index contributed by atoms with van der Waals surface area (Å²) in [6.45, 7) is 8.96. The van der Waals surface area contributed by atoms with Crippen molar-refractivity contribution in [1.82, 2.24) is 10.6 Å². The van der Waals surface area contributed by atoms with Crippen LogP contribution in [0, 0.1) is 0 Å². The third kappa shape index (κ3) is 8.25. The summed E-state index contributed by atoms with van der Waals surface area (Å²) in [4.78, 5) is 11.7. The van der Waals surface area contributed by atoms with Gasteiger partial charge in [0, 0.05) is 24.2 Å². The highest BCUT2D eigenvalue weighted by atomic mass is 35.5. The minimum Gasteiger partial charge on any atom is -0.444 e. The lowest BCUT2D eigenvalue weighted by atomic mass is 10.1. The quantitative estimate of drug-likeness (QED) is 0.792. The molecule has 22 heavy (non-hydrogen) atoms. The van der Waals surface area contributed by atoms with Gasteiger partial charge >= 0.3 is 6.09 Å². The number of halogens is 1. The summed E-state index contributed by atoms with van der Waals surface area (Å²) in [7, 11) is 0. The van der Waals surface area contributed by atoms with E-state index < -0.39 is 5.60 Å². The number of hydrogen-bond donors (Lipinski definition) is 2. The highest BCUT2D eigenvalue weighted by Gasteiger charge is 2.17. The molecule has 1 aromatic carbocycles. The van der Waals surface area contributed by atoms with Crippen LogP contribution in [0.5, 0.6) is 0 Å². The number of ether oxygens (including phenoxy) is 1. The van der Waals surface area contributed by atoms with E-state index in [0.29, 0.717) is 6.54 Å². The second-order valence-electron chi connectivity index (χ2n) is 6.38. The third-order valence-corrected chi connectivity index (χ3v) is 3.25. The molecule has 0 radical (unpaired) electrons. The van der Waals surface area contributed by atoms with Gasteiger partial charge in [-0.15, -0.1) is 0 Å². The molecule has 0 aromatic heterocycles. The molecule has 124 valence electrons. The summed E-state index contributed by atoms with van der Waals surface area (Å²) < 4.78 is 5.25. The molecule has 1 unspecified atom stereocenters. The van der Waals surface area contributed by atoms with E-state index in [2.05, 4.69) is 17.6 Å². The number of amides is 1. The van der Waals surface area contributed by atoms with Crippen molar-refractivity contribution in [2.24, 2.45) is 0 Å². The Hall–Kier alpha value is -1.26. The van der Waals surface area contributed by atoms with Gasteiger partial charge < -0.3 is 15.4 Å². The number of nitrogens with one attached hydrogen (secondary N) is 2. The Morgan fingerprint density at radius 1 is 1.36 bits per heavy atom. The fourth-order valence-electron chi connectivity index (χ4n) is 2.05. The van der Waals surface area contributed by atoms with Crippen molar-refractivity contribution in [3.8, 4) is 0 Å². The van der Waals surface area contributed by atoms with Crippen LogP contribution < -0.4 is 10.6 Å². The van der Waals surface area contributed by atoms with Crippen molar-refractivity contribution in [3.05, 3.63) is 34.9 Å². The van der Waals surface area contributed by atoms with E-state index >= 15 is 0 Å². The van der Waals surface area contributed by atoms with Crippen LogP contribution in [-0.4, -0.2) is 24.3 Å². The zero-order chi connectivity index (χ0) is 16.6. The van der Waals surface area contributed by atoms with Crippen LogP contribution in [-0.2, 0) is 11.3 Å². The zero-order valence-corrected chi connectivity index (χ0v) is 14.7. The Labute approximate surface area is 138 Å². The number of rotatable bonds is 7. The largest absolute Gasteiger partial charge is 0.444 e. The Morgan fingerprint density at radius 3 is 2.68 bits per heavy atom. The maximum absolute atomic E-state index is 11.7. The van der Waals surface area contributed by atoms with E-state index in [1.807, 2.05) is 45.0 Å². The number of hydrogen-bond acceptors (Lipinski definition) is 3. The van der Waals surface area contributed by atoms with Crippen molar-refractivity contribution in [2.45, 2.75) is 58.7 Å². The van der Waals surface area contributed by atoms with Gasteiger partial charge in [-0.2, -0.15) is 0 Å². The van der Waals surface area contributed by atoms with E-state index in [1.165, 1.54) is 0 Å². The second-order valence-corrected chi connectivity index (χ2v) is 6.82. The fraction of sp³-hybridized carbons (Fsp3) is 0.588. The second kappa shape index (κ2) is 9.01. The van der Waals surface area contributed by atoms with E-state index in [1.54, 1.807) is 0 Å². The van der Waals surface area contributed by atoms with Crippen LogP contribution in [0.1, 0.15) is 46.1 Å². The molecule has 0 saturated heterocycles. The van der Waals surface area contributed by atoms with Crippen LogP contribution in [0.15, 0.2) is 24.3 Å². The number of benzene rings is 1. The van der Waals surface area contributed by atoms with Crippen LogP contribution in [0.3, 0.4) is 0 Å². The molecule has 0 heterocycles. The molecule has 0 spiro atoms. The highest BCUT2D eigenvalue weighted by Crippen LogP contribution is 2.11. The van der Waals surface area contributed by atoms with E-state index in [4.69, 9.17) is 16.3 Å².